The van der Waals surface area contributed by atoms with Gasteiger partial charge in [0.05, 0.1) is 11.1 Å². The largest absolute Gasteiger partial charge is 0.416 e. The van der Waals surface area contributed by atoms with Crippen molar-refractivity contribution < 1.29 is 35.9 Å². The molecule has 1 aromatic rings. The second kappa shape index (κ2) is 6.83. The van der Waals surface area contributed by atoms with Crippen LogP contribution in [-0.2, 0) is 21.9 Å². The molecule has 2 rings (SSSR count). The van der Waals surface area contributed by atoms with Crippen LogP contribution in [0.3, 0.4) is 0 Å². The number of rotatable bonds is 3. The van der Waals surface area contributed by atoms with Gasteiger partial charge in [-0.25, -0.2) is 0 Å². The number of alkyl halides is 6. The van der Waals surface area contributed by atoms with Crippen molar-refractivity contribution in [1.29, 1.82) is 0 Å². The molecule has 0 bridgehead atoms. The van der Waals surface area contributed by atoms with Crippen molar-refractivity contribution in [3.63, 3.8) is 0 Å². The third-order valence-corrected chi connectivity index (χ3v) is 4.48. The van der Waals surface area contributed by atoms with Crippen LogP contribution in [0.4, 0.5) is 32.0 Å². The average Bonchev–Trinajstić information content (AvgIpc) is 2.47. The number of carbonyl (C=O) groups excluding carboxylic acids is 2. The second-order valence-electron chi connectivity index (χ2n) is 7.64. The normalized spacial score (nSPS) is 18.1. The Morgan fingerprint density at radius 2 is 1.67 bits per heavy atom. The molecule has 1 N–H and O–H groups in total. The predicted molar refractivity (Wildman–Crippen MR) is 86.1 cm³/mol. The zero-order valence-electron chi connectivity index (χ0n) is 14.9. The summed E-state index contributed by atoms with van der Waals surface area (Å²) in [5.74, 6) is -1.86. The number of hydrogen-bond acceptors (Lipinski definition) is 2. The van der Waals surface area contributed by atoms with Crippen molar-refractivity contribution in [2.75, 3.05) is 5.32 Å². The van der Waals surface area contributed by atoms with E-state index in [1.54, 1.807) is 20.8 Å². The predicted octanol–water partition coefficient (Wildman–Crippen LogP) is 5.55. The van der Waals surface area contributed by atoms with Crippen LogP contribution < -0.4 is 5.32 Å². The van der Waals surface area contributed by atoms with Crippen LogP contribution >= 0.6 is 0 Å². The van der Waals surface area contributed by atoms with Crippen LogP contribution in [0.1, 0.15) is 62.6 Å². The molecule has 1 aliphatic rings. The Balaban J connectivity index is 2.52. The monoisotopic (exact) mass is 395 g/mol. The third kappa shape index (κ3) is 4.81. The number of Topliss-reactive ketones (excluding diaryl/α,β-unsaturated/α-hetero) is 1. The maximum Gasteiger partial charge on any atom is 0.416 e. The van der Waals surface area contributed by atoms with Gasteiger partial charge in [0.2, 0.25) is 5.91 Å². The lowest BCUT2D eigenvalue weighted by atomic mass is 9.80. The van der Waals surface area contributed by atoms with Crippen LogP contribution in [0, 0.1) is 5.41 Å². The van der Waals surface area contributed by atoms with E-state index in [0.717, 1.165) is 0 Å². The molecule has 1 aliphatic heterocycles. The lowest BCUT2D eigenvalue weighted by Gasteiger charge is -2.30. The zero-order chi connectivity index (χ0) is 20.8. The molecular weight excluding hydrogens is 376 g/mol. The highest BCUT2D eigenvalue weighted by Crippen LogP contribution is 2.47. The highest BCUT2D eigenvalue weighted by molar-refractivity contribution is 5.95. The molecule has 3 nitrogen and oxygen atoms in total. The standard InChI is InChI=1S/C18H19F6NO2/c1-16(2,3)13(26)5-4-9-6-14(27)25-12-8-10(17(19,20)21)7-11(15(9)12)18(22,23)24/h7-9H,4-6H2,1-3H3,(H,25,27). The van der Waals surface area contributed by atoms with Gasteiger partial charge >= 0.3 is 12.4 Å². The second-order valence-corrected chi connectivity index (χ2v) is 7.64. The van der Waals surface area contributed by atoms with Gasteiger partial charge in [-0.3, -0.25) is 9.59 Å². The number of fused-ring (bicyclic) bond motifs is 1. The van der Waals surface area contributed by atoms with Crippen LogP contribution in [0.25, 0.3) is 0 Å². The van der Waals surface area contributed by atoms with Crippen molar-refractivity contribution in [3.8, 4) is 0 Å². The van der Waals surface area contributed by atoms with E-state index in [9.17, 15) is 35.9 Å². The molecule has 0 spiro atoms. The van der Waals surface area contributed by atoms with E-state index in [0.29, 0.717) is 6.07 Å². The Morgan fingerprint density at radius 1 is 1.07 bits per heavy atom. The number of amides is 1. The van der Waals surface area contributed by atoms with Crippen LogP contribution in [-0.4, -0.2) is 11.7 Å². The van der Waals surface area contributed by atoms with Crippen LogP contribution in [0.15, 0.2) is 12.1 Å². The Labute approximate surface area is 152 Å². The van der Waals surface area contributed by atoms with Gasteiger partial charge in [-0.1, -0.05) is 20.8 Å². The third-order valence-electron chi connectivity index (χ3n) is 4.48. The molecule has 1 heterocycles. The van der Waals surface area contributed by atoms with Gasteiger partial charge in [-0.15, -0.1) is 0 Å². The fourth-order valence-corrected chi connectivity index (χ4v) is 3.05. The van der Waals surface area contributed by atoms with Crippen LogP contribution in [0.2, 0.25) is 0 Å². The summed E-state index contributed by atoms with van der Waals surface area (Å²) in [5, 5.41) is 2.11. The van der Waals surface area contributed by atoms with Gasteiger partial charge in [0.15, 0.2) is 0 Å². The summed E-state index contributed by atoms with van der Waals surface area (Å²) < 4.78 is 79.3. The lowest BCUT2D eigenvalue weighted by Crippen LogP contribution is -2.28. The number of carbonyl (C=O) groups is 2. The average molecular weight is 395 g/mol. The summed E-state index contributed by atoms with van der Waals surface area (Å²) in [6.45, 7) is 4.98. The van der Waals surface area contributed by atoms with Crippen LogP contribution in [0.5, 0.6) is 0 Å². The first-order chi connectivity index (χ1) is 12.1. The first-order valence-electron chi connectivity index (χ1n) is 8.26. The smallest absolute Gasteiger partial charge is 0.326 e. The summed E-state index contributed by atoms with van der Waals surface area (Å²) in [6.07, 6.45) is -10.5. The van der Waals surface area contributed by atoms with E-state index in [1.165, 1.54) is 0 Å². The van der Waals surface area contributed by atoms with Gasteiger partial charge in [0.25, 0.3) is 0 Å². The number of hydrogen-bond donors (Lipinski definition) is 1. The first kappa shape index (κ1) is 21.2. The van der Waals surface area contributed by atoms with Crippen molar-refractivity contribution in [1.82, 2.24) is 0 Å². The molecule has 0 fully saturated rings. The van der Waals surface area contributed by atoms with E-state index in [-0.39, 0.29) is 31.1 Å². The van der Waals surface area contributed by atoms with Crippen molar-refractivity contribution in [2.24, 2.45) is 5.41 Å². The van der Waals surface area contributed by atoms with Crippen molar-refractivity contribution in [3.05, 3.63) is 28.8 Å². The SMILES string of the molecule is CC(C)(C)C(=O)CCC1CC(=O)Nc2cc(C(F)(F)F)cc(C(F)(F)F)c21. The number of halogens is 6. The number of anilines is 1. The Bertz CT molecular complexity index is 759. The van der Waals surface area contributed by atoms with E-state index >= 15 is 0 Å². The summed E-state index contributed by atoms with van der Waals surface area (Å²) in [7, 11) is 0. The highest BCUT2D eigenvalue weighted by Gasteiger charge is 2.43. The molecule has 9 heteroatoms. The molecule has 0 saturated heterocycles. The van der Waals surface area contributed by atoms with Crippen molar-refractivity contribution in [2.45, 2.75) is 58.3 Å². The summed E-state index contributed by atoms with van der Waals surface area (Å²) in [4.78, 5) is 23.9. The van der Waals surface area contributed by atoms with E-state index in [2.05, 4.69) is 5.32 Å². The van der Waals surface area contributed by atoms with Gasteiger partial charge in [0, 0.05) is 23.9 Å². The molecule has 0 aromatic heterocycles. The molecule has 1 atom stereocenters. The molecule has 0 radical (unpaired) electrons. The van der Waals surface area contributed by atoms with Gasteiger partial charge in [-0.05, 0) is 30.0 Å². The minimum atomic E-state index is -5.03. The quantitative estimate of drug-likeness (QED) is 0.683. The molecule has 150 valence electrons. The molecule has 0 saturated carbocycles. The molecule has 27 heavy (non-hydrogen) atoms. The maximum atomic E-state index is 13.5. The molecule has 1 aromatic carbocycles. The van der Waals surface area contributed by atoms with Gasteiger partial charge in [0.1, 0.15) is 5.78 Å². The lowest BCUT2D eigenvalue weighted by molar-refractivity contribution is -0.143. The summed E-state index contributed by atoms with van der Waals surface area (Å²) in [6, 6.07) is 0.578. The number of nitrogens with one attached hydrogen (secondary N) is 1. The van der Waals surface area contributed by atoms with E-state index in [4.69, 9.17) is 0 Å². The molecule has 1 unspecified atom stereocenters. The summed E-state index contributed by atoms with van der Waals surface area (Å²) in [5.41, 5.74) is -4.51. The zero-order valence-corrected chi connectivity index (χ0v) is 14.9. The Kier molecular flexibility index (Phi) is 5.38. The van der Waals surface area contributed by atoms with Crippen molar-refractivity contribution >= 4 is 17.4 Å². The topological polar surface area (TPSA) is 46.2 Å². The fraction of sp³-hybridized carbons (Fsp3) is 0.556. The minimum Gasteiger partial charge on any atom is -0.326 e. The first-order valence-corrected chi connectivity index (χ1v) is 8.26. The maximum absolute atomic E-state index is 13.5. The van der Waals surface area contributed by atoms with E-state index in [1.807, 2.05) is 0 Å². The summed E-state index contributed by atoms with van der Waals surface area (Å²) >= 11 is 0. The van der Waals surface area contributed by atoms with Gasteiger partial charge in [-0.2, -0.15) is 26.3 Å². The Morgan fingerprint density at radius 3 is 2.15 bits per heavy atom. The van der Waals surface area contributed by atoms with Gasteiger partial charge < -0.3 is 5.32 Å². The number of ketones is 1. The highest BCUT2D eigenvalue weighted by atomic mass is 19.4. The minimum absolute atomic E-state index is 0.0506. The molecule has 1 amide bonds. The fourth-order valence-electron chi connectivity index (χ4n) is 3.05. The number of benzene rings is 1. The Hall–Kier alpha value is -2.06. The molecule has 0 aliphatic carbocycles. The van der Waals surface area contributed by atoms with E-state index < -0.39 is 52.0 Å². The molecular formula is C18H19F6NO2.